The Kier molecular flexibility index (Phi) is 9.80. The van der Waals surface area contributed by atoms with Gasteiger partial charge in [-0.1, -0.05) is 76.6 Å². The van der Waals surface area contributed by atoms with Gasteiger partial charge >= 0.3 is 0 Å². The van der Waals surface area contributed by atoms with Gasteiger partial charge < -0.3 is 18.9 Å². The molecule has 2 aromatic carbocycles. The zero-order valence-corrected chi connectivity index (χ0v) is 29.7. The van der Waals surface area contributed by atoms with Crippen molar-refractivity contribution in [2.24, 2.45) is 0 Å². The Bertz CT molecular complexity index is 1860. The molecular weight excluding hydrogens is 649 g/mol. The summed E-state index contributed by atoms with van der Waals surface area (Å²) in [5, 5.41) is 24.8. The smallest absolute Gasteiger partial charge is 0.179 e. The molecule has 0 unspecified atom stereocenters. The third kappa shape index (κ3) is 6.25. The van der Waals surface area contributed by atoms with Gasteiger partial charge in [0.25, 0.3) is 0 Å². The van der Waals surface area contributed by atoms with Crippen LogP contribution in [0.5, 0.6) is 23.0 Å². The largest absolute Gasteiger partial charge is 0.485 e. The zero-order valence-electron chi connectivity index (χ0n) is 28.1. The number of hydrogen-bond donors (Lipinski definition) is 0. The number of hydrogen-bond acceptors (Lipinski definition) is 8. The van der Waals surface area contributed by atoms with E-state index in [1.807, 2.05) is 22.9 Å². The average Bonchev–Trinajstić information content (AvgIpc) is 3.82. The van der Waals surface area contributed by atoms with Crippen LogP contribution in [0.15, 0.2) is 47.2 Å². The van der Waals surface area contributed by atoms with Crippen LogP contribution < -0.4 is 18.9 Å². The van der Waals surface area contributed by atoms with E-state index in [9.17, 15) is 10.5 Å². The average molecular weight is 689 g/mol. The van der Waals surface area contributed by atoms with E-state index in [0.29, 0.717) is 37.6 Å². The first kappa shape index (κ1) is 33.0. The summed E-state index contributed by atoms with van der Waals surface area (Å²) in [5.74, 6) is 2.94. The summed E-state index contributed by atoms with van der Waals surface area (Å²) in [4.78, 5) is 1.80. The maximum Gasteiger partial charge on any atom is 0.179 e. The number of allylic oxidation sites excluding steroid dienone is 2. The van der Waals surface area contributed by atoms with Gasteiger partial charge in [0.05, 0.1) is 33.0 Å². The topological polar surface area (TPSA) is 84.5 Å². The molecule has 8 heteroatoms. The molecule has 0 N–H and O–H groups in total. The lowest BCUT2D eigenvalue weighted by Gasteiger charge is -2.33. The quantitative estimate of drug-likeness (QED) is 0.109. The van der Waals surface area contributed by atoms with E-state index < -0.39 is 0 Å². The van der Waals surface area contributed by atoms with Crippen molar-refractivity contribution < 1.29 is 18.9 Å². The van der Waals surface area contributed by atoms with Gasteiger partial charge in [0.2, 0.25) is 0 Å². The third-order valence-corrected chi connectivity index (χ3v) is 11.6. The van der Waals surface area contributed by atoms with E-state index in [2.05, 4.69) is 62.4 Å². The minimum Gasteiger partial charge on any atom is -0.485 e. The number of rotatable bonds is 12. The number of thiophene rings is 2. The van der Waals surface area contributed by atoms with Crippen LogP contribution in [0.2, 0.25) is 0 Å². The highest BCUT2D eigenvalue weighted by atomic mass is 32.1. The van der Waals surface area contributed by atoms with Crippen LogP contribution in [0.1, 0.15) is 97.2 Å². The molecule has 0 atom stereocenters. The van der Waals surface area contributed by atoms with Crippen molar-refractivity contribution in [3.8, 4) is 46.3 Å². The SMILES string of the molecule is CCCCCC1(CCCCC)c2cc(/C(C#N)=C/c3scc4c3OCCO4)ccc2-c2ccc(/C(C#N)=C/c3scc4c3OCCO4)cc21. The molecular formula is C41H40N2O4S2. The molecule has 3 aliphatic rings. The second kappa shape index (κ2) is 14.5. The number of nitriles is 2. The minimum absolute atomic E-state index is 0.222. The summed E-state index contributed by atoms with van der Waals surface area (Å²) in [6, 6.07) is 18.1. The predicted octanol–water partition coefficient (Wildman–Crippen LogP) is 10.9. The van der Waals surface area contributed by atoms with Crippen LogP contribution in [-0.2, 0) is 5.41 Å². The van der Waals surface area contributed by atoms with Crippen LogP contribution in [0.4, 0.5) is 0 Å². The predicted molar refractivity (Wildman–Crippen MR) is 199 cm³/mol. The summed E-state index contributed by atoms with van der Waals surface area (Å²) in [6.07, 6.45) is 12.7. The monoisotopic (exact) mass is 688 g/mol. The Morgan fingerprint density at radius 1 is 0.673 bits per heavy atom. The molecule has 0 saturated heterocycles. The number of ether oxygens (including phenoxy) is 4. The van der Waals surface area contributed by atoms with Crippen LogP contribution in [-0.4, -0.2) is 26.4 Å². The molecule has 0 bridgehead atoms. The fraction of sp³-hybridized carbons (Fsp3) is 0.366. The van der Waals surface area contributed by atoms with E-state index >= 15 is 0 Å². The van der Waals surface area contributed by atoms with Crippen molar-refractivity contribution in [2.75, 3.05) is 26.4 Å². The van der Waals surface area contributed by atoms with Gasteiger partial charge in [-0.15, -0.1) is 22.7 Å². The highest BCUT2D eigenvalue weighted by molar-refractivity contribution is 7.12. The normalized spacial score (nSPS) is 15.7. The lowest BCUT2D eigenvalue weighted by Crippen LogP contribution is -2.26. The minimum atomic E-state index is -0.222. The molecule has 0 fully saturated rings. The van der Waals surface area contributed by atoms with Crippen molar-refractivity contribution in [1.82, 2.24) is 0 Å². The highest BCUT2D eigenvalue weighted by Gasteiger charge is 2.42. The van der Waals surface area contributed by atoms with Crippen molar-refractivity contribution in [1.29, 1.82) is 10.5 Å². The first-order chi connectivity index (χ1) is 24.1. The molecule has 4 heterocycles. The van der Waals surface area contributed by atoms with Gasteiger partial charge in [-0.05, 0) is 70.5 Å². The fourth-order valence-electron chi connectivity index (χ4n) is 7.43. The van der Waals surface area contributed by atoms with Crippen molar-refractivity contribution in [2.45, 2.75) is 70.6 Å². The van der Waals surface area contributed by atoms with Gasteiger partial charge in [0, 0.05) is 16.2 Å². The fourth-order valence-corrected chi connectivity index (χ4v) is 9.16. The molecule has 6 nitrogen and oxygen atoms in total. The molecule has 0 radical (unpaired) electrons. The summed E-state index contributed by atoms with van der Waals surface area (Å²) < 4.78 is 23.4. The van der Waals surface area contributed by atoms with Crippen LogP contribution in [0, 0.1) is 22.7 Å². The van der Waals surface area contributed by atoms with E-state index in [1.54, 1.807) is 0 Å². The molecule has 4 aromatic rings. The summed E-state index contributed by atoms with van der Waals surface area (Å²) in [7, 11) is 0. The maximum atomic E-state index is 10.4. The standard InChI is InChI=1S/C41H40N2O4S2/c1-3-5-7-13-41(14-8-6-4-2)33-19-27(29(23-42)21-37-39-35(25-48-37)44-15-17-46-39)9-11-31(33)32-12-10-28(20-34(32)41)30(24-43)22-38-40-36(26-49-38)45-16-18-47-40/h9-12,19-22,25-26H,3-8,13-18H2,1-2H3/b29-21+,30-22+. The Balaban J connectivity index is 1.34. The third-order valence-electron chi connectivity index (χ3n) is 9.84. The molecule has 2 aliphatic heterocycles. The molecule has 49 heavy (non-hydrogen) atoms. The van der Waals surface area contributed by atoms with Gasteiger partial charge in [0.15, 0.2) is 23.0 Å². The van der Waals surface area contributed by atoms with Gasteiger partial charge in [-0.2, -0.15) is 10.5 Å². The van der Waals surface area contributed by atoms with Gasteiger partial charge in [0.1, 0.15) is 26.4 Å². The molecule has 7 rings (SSSR count). The van der Waals surface area contributed by atoms with E-state index in [4.69, 9.17) is 18.9 Å². The zero-order chi connectivity index (χ0) is 33.8. The molecule has 0 spiro atoms. The lowest BCUT2D eigenvalue weighted by atomic mass is 9.70. The first-order valence-corrected chi connectivity index (χ1v) is 19.1. The Morgan fingerprint density at radius 2 is 1.12 bits per heavy atom. The highest BCUT2D eigenvalue weighted by Crippen LogP contribution is 2.55. The Morgan fingerprint density at radius 3 is 1.55 bits per heavy atom. The van der Waals surface area contributed by atoms with E-state index in [1.165, 1.54) is 44.9 Å². The number of benzene rings is 2. The summed E-state index contributed by atoms with van der Waals surface area (Å²) in [5.41, 5.74) is 7.83. The van der Waals surface area contributed by atoms with Crippen LogP contribution in [0.3, 0.4) is 0 Å². The van der Waals surface area contributed by atoms with Crippen molar-refractivity contribution in [3.05, 3.63) is 79.2 Å². The number of nitrogens with zero attached hydrogens (tertiary/aromatic N) is 2. The van der Waals surface area contributed by atoms with E-state index in [-0.39, 0.29) is 5.41 Å². The summed E-state index contributed by atoms with van der Waals surface area (Å²) in [6.45, 7) is 6.58. The number of unbranched alkanes of at least 4 members (excludes halogenated alkanes) is 4. The molecule has 250 valence electrons. The second-order valence-electron chi connectivity index (χ2n) is 12.8. The van der Waals surface area contributed by atoms with Gasteiger partial charge in [-0.25, -0.2) is 0 Å². The molecule has 0 saturated carbocycles. The van der Waals surface area contributed by atoms with Gasteiger partial charge in [-0.3, -0.25) is 0 Å². The van der Waals surface area contributed by atoms with E-state index in [0.717, 1.165) is 95.2 Å². The molecule has 2 aromatic heterocycles. The molecule has 0 amide bonds. The summed E-state index contributed by atoms with van der Waals surface area (Å²) >= 11 is 3.08. The van der Waals surface area contributed by atoms with Crippen molar-refractivity contribution in [3.63, 3.8) is 0 Å². The van der Waals surface area contributed by atoms with Crippen molar-refractivity contribution >= 4 is 46.0 Å². The first-order valence-electron chi connectivity index (χ1n) is 17.4. The maximum absolute atomic E-state index is 10.4. The van der Waals surface area contributed by atoms with Crippen LogP contribution in [0.25, 0.3) is 34.4 Å². The lowest BCUT2D eigenvalue weighted by molar-refractivity contribution is 0.173. The molecule has 1 aliphatic carbocycles. The van der Waals surface area contributed by atoms with Crippen LogP contribution >= 0.6 is 22.7 Å². The number of fused-ring (bicyclic) bond motifs is 5. The Labute approximate surface area is 296 Å². The second-order valence-corrected chi connectivity index (χ2v) is 14.7. The Hall–Kier alpha value is -4.50.